The van der Waals surface area contributed by atoms with Crippen molar-refractivity contribution in [2.75, 3.05) is 20.2 Å². The fourth-order valence-corrected chi connectivity index (χ4v) is 5.23. The molecule has 0 radical (unpaired) electrons. The van der Waals surface area contributed by atoms with Crippen molar-refractivity contribution in [3.8, 4) is 11.5 Å². The number of carbonyl (C=O) groups is 2. The van der Waals surface area contributed by atoms with Crippen LogP contribution < -0.4 is 9.46 Å². The highest BCUT2D eigenvalue weighted by atomic mass is 32.2. The van der Waals surface area contributed by atoms with Crippen LogP contribution in [0.5, 0.6) is 11.5 Å². The molecule has 0 aliphatic carbocycles. The van der Waals surface area contributed by atoms with Crippen LogP contribution >= 0.6 is 0 Å². The summed E-state index contributed by atoms with van der Waals surface area (Å²) in [5, 5.41) is 9.39. The van der Waals surface area contributed by atoms with Crippen LogP contribution in [-0.2, 0) is 10.0 Å². The summed E-state index contributed by atoms with van der Waals surface area (Å²) in [6, 6.07) is 10.2. The van der Waals surface area contributed by atoms with E-state index in [0.717, 1.165) is 0 Å². The van der Waals surface area contributed by atoms with Crippen molar-refractivity contribution in [1.29, 1.82) is 0 Å². The number of nitrogens with one attached hydrogen (secondary N) is 1. The van der Waals surface area contributed by atoms with E-state index >= 15 is 0 Å². The van der Waals surface area contributed by atoms with Crippen molar-refractivity contribution in [3.63, 3.8) is 0 Å². The van der Waals surface area contributed by atoms with Crippen LogP contribution in [-0.4, -0.2) is 56.4 Å². The molecule has 0 saturated carbocycles. The van der Waals surface area contributed by atoms with Gasteiger partial charge in [-0.2, -0.15) is 0 Å². The van der Waals surface area contributed by atoms with E-state index in [-0.39, 0.29) is 45.6 Å². The van der Waals surface area contributed by atoms with E-state index in [1.165, 1.54) is 31.4 Å². The van der Waals surface area contributed by atoms with Crippen molar-refractivity contribution in [2.24, 2.45) is 5.92 Å². The molecule has 1 heterocycles. The van der Waals surface area contributed by atoms with Gasteiger partial charge in [0, 0.05) is 36.2 Å². The Hall–Kier alpha value is -2.91. The van der Waals surface area contributed by atoms with Crippen LogP contribution in [0.2, 0.25) is 0 Å². The number of ketones is 1. The molecule has 0 atom stereocenters. The highest BCUT2D eigenvalue weighted by molar-refractivity contribution is 7.89. The maximum atomic E-state index is 13.0. The summed E-state index contributed by atoms with van der Waals surface area (Å²) < 4.78 is 33.0. The smallest absolute Gasteiger partial charge is 0.253 e. The van der Waals surface area contributed by atoms with Gasteiger partial charge in [-0.25, -0.2) is 13.1 Å². The quantitative estimate of drug-likeness (QED) is 0.615. The summed E-state index contributed by atoms with van der Waals surface area (Å²) in [4.78, 5) is 27.3. The summed E-state index contributed by atoms with van der Waals surface area (Å²) >= 11 is 0. The van der Waals surface area contributed by atoms with Gasteiger partial charge < -0.3 is 14.7 Å². The highest BCUT2D eigenvalue weighted by Crippen LogP contribution is 2.28. The lowest BCUT2D eigenvalue weighted by Gasteiger charge is -2.31. The minimum Gasteiger partial charge on any atom is -0.508 e. The number of Topliss-reactive ketones (excluding diaryl/α,β-unsaturated/α-hetero) is 1. The van der Waals surface area contributed by atoms with E-state index in [9.17, 15) is 23.1 Å². The number of phenols is 1. The van der Waals surface area contributed by atoms with E-state index in [0.29, 0.717) is 31.5 Å². The Bertz CT molecular complexity index is 1090. The monoisotopic (exact) mass is 460 g/mol. The molecule has 1 fully saturated rings. The number of carbonyl (C=O) groups excluding carboxylic acids is 2. The highest BCUT2D eigenvalue weighted by Gasteiger charge is 2.30. The van der Waals surface area contributed by atoms with Gasteiger partial charge in [-0.1, -0.05) is 0 Å². The summed E-state index contributed by atoms with van der Waals surface area (Å²) in [7, 11) is -2.47. The first-order valence-corrected chi connectivity index (χ1v) is 11.9. The van der Waals surface area contributed by atoms with Crippen LogP contribution in [0.25, 0.3) is 0 Å². The Labute approximate surface area is 188 Å². The van der Waals surface area contributed by atoms with Gasteiger partial charge in [-0.3, -0.25) is 9.59 Å². The van der Waals surface area contributed by atoms with Gasteiger partial charge in [0.05, 0.1) is 7.11 Å². The zero-order chi connectivity index (χ0) is 23.5. The topological polar surface area (TPSA) is 113 Å². The third-order valence-electron chi connectivity index (χ3n) is 5.40. The molecule has 3 rings (SSSR count). The average molecular weight is 461 g/mol. The molecule has 8 nitrogen and oxygen atoms in total. The van der Waals surface area contributed by atoms with Crippen LogP contribution in [0.1, 0.15) is 47.4 Å². The molecule has 1 aliphatic heterocycles. The zero-order valence-corrected chi connectivity index (χ0v) is 19.2. The number of sulfonamides is 1. The SMILES string of the molecule is COc1ccc(C(=O)N2CCC(C(=O)c3ccc(O)cc3)CC2)cc1S(=O)(=O)NC(C)C. The molecule has 32 heavy (non-hydrogen) atoms. The molecule has 1 amide bonds. The predicted molar refractivity (Wildman–Crippen MR) is 120 cm³/mol. The van der Waals surface area contributed by atoms with Crippen LogP contribution in [0, 0.1) is 5.92 Å². The first kappa shape index (κ1) is 23.7. The number of nitrogens with zero attached hydrogens (tertiary/aromatic N) is 1. The van der Waals surface area contributed by atoms with Gasteiger partial charge in [-0.05, 0) is 69.2 Å². The Balaban J connectivity index is 1.73. The lowest BCUT2D eigenvalue weighted by Crippen LogP contribution is -2.40. The molecule has 1 saturated heterocycles. The number of benzene rings is 2. The van der Waals surface area contributed by atoms with Crippen molar-refractivity contribution in [3.05, 3.63) is 53.6 Å². The minimum atomic E-state index is -3.85. The normalized spacial score (nSPS) is 15.1. The van der Waals surface area contributed by atoms with Crippen molar-refractivity contribution in [1.82, 2.24) is 9.62 Å². The third kappa shape index (κ3) is 5.28. The van der Waals surface area contributed by atoms with Crippen molar-refractivity contribution >= 4 is 21.7 Å². The van der Waals surface area contributed by atoms with E-state index in [4.69, 9.17) is 4.74 Å². The standard InChI is InChI=1S/C23H28N2O6S/c1-15(2)24-32(29,30)21-14-18(6-9-20(21)31-3)23(28)25-12-10-17(11-13-25)22(27)16-4-7-19(26)8-5-16/h4-9,14-15,17,24,26H,10-13H2,1-3H3. The maximum Gasteiger partial charge on any atom is 0.253 e. The molecule has 1 aliphatic rings. The molecule has 0 spiro atoms. The second kappa shape index (κ2) is 9.70. The van der Waals surface area contributed by atoms with Gasteiger partial charge in [-0.15, -0.1) is 0 Å². The molecule has 9 heteroatoms. The summed E-state index contributed by atoms with van der Waals surface area (Å²) in [5.74, 6) is -0.233. The van der Waals surface area contributed by atoms with E-state index in [2.05, 4.69) is 4.72 Å². The number of aromatic hydroxyl groups is 1. The number of likely N-dealkylation sites (tertiary alicyclic amines) is 1. The van der Waals surface area contributed by atoms with Gasteiger partial charge in [0.1, 0.15) is 16.4 Å². The number of rotatable bonds is 7. The van der Waals surface area contributed by atoms with E-state index in [1.807, 2.05) is 0 Å². The summed E-state index contributed by atoms with van der Waals surface area (Å²) in [6.07, 6.45) is 1.03. The van der Waals surface area contributed by atoms with Gasteiger partial charge in [0.2, 0.25) is 10.0 Å². The molecule has 0 aromatic heterocycles. The molecule has 2 N–H and O–H groups in total. The first-order chi connectivity index (χ1) is 15.1. The fourth-order valence-electron chi connectivity index (χ4n) is 3.78. The van der Waals surface area contributed by atoms with Crippen molar-refractivity contribution < 1.29 is 27.9 Å². The van der Waals surface area contributed by atoms with Crippen LogP contribution in [0.4, 0.5) is 0 Å². The minimum absolute atomic E-state index is 0.00492. The average Bonchev–Trinajstić information content (AvgIpc) is 2.77. The Kier molecular flexibility index (Phi) is 7.20. The number of phenolic OH excluding ortho intramolecular Hbond substituents is 1. The Morgan fingerprint density at radius 2 is 1.66 bits per heavy atom. The molecular weight excluding hydrogens is 432 g/mol. The second-order valence-corrected chi connectivity index (χ2v) is 9.80. The van der Waals surface area contributed by atoms with Gasteiger partial charge >= 0.3 is 0 Å². The maximum absolute atomic E-state index is 13.0. The summed E-state index contributed by atoms with van der Waals surface area (Å²) in [5.41, 5.74) is 0.786. The number of ether oxygens (including phenoxy) is 1. The number of piperidine rings is 1. The molecule has 2 aromatic rings. The summed E-state index contributed by atoms with van der Waals surface area (Å²) in [6.45, 7) is 4.21. The third-order valence-corrected chi connectivity index (χ3v) is 7.08. The molecule has 0 unspecified atom stereocenters. The number of methoxy groups -OCH3 is 1. The van der Waals surface area contributed by atoms with Gasteiger partial charge in [0.25, 0.3) is 5.91 Å². The van der Waals surface area contributed by atoms with Crippen molar-refractivity contribution in [2.45, 2.75) is 37.6 Å². The molecule has 2 aromatic carbocycles. The zero-order valence-electron chi connectivity index (χ0n) is 18.4. The second-order valence-electron chi connectivity index (χ2n) is 8.12. The van der Waals surface area contributed by atoms with Crippen LogP contribution in [0.3, 0.4) is 0 Å². The molecule has 0 bridgehead atoms. The van der Waals surface area contributed by atoms with Gasteiger partial charge in [0.15, 0.2) is 5.78 Å². The fraction of sp³-hybridized carbons (Fsp3) is 0.391. The largest absolute Gasteiger partial charge is 0.508 e. The first-order valence-electron chi connectivity index (χ1n) is 10.4. The lowest BCUT2D eigenvalue weighted by molar-refractivity contribution is 0.0650. The van der Waals surface area contributed by atoms with Crippen LogP contribution in [0.15, 0.2) is 47.4 Å². The van der Waals surface area contributed by atoms with E-state index in [1.54, 1.807) is 36.9 Å². The predicted octanol–water partition coefficient (Wildman–Crippen LogP) is 2.82. The molecule has 172 valence electrons. The van der Waals surface area contributed by atoms with E-state index < -0.39 is 10.0 Å². The number of hydrogen-bond acceptors (Lipinski definition) is 6. The number of amides is 1. The lowest BCUT2D eigenvalue weighted by atomic mass is 9.88. The Morgan fingerprint density at radius 3 is 2.22 bits per heavy atom. The molecular formula is C23H28N2O6S. The number of hydrogen-bond donors (Lipinski definition) is 2. The Morgan fingerprint density at radius 1 is 1.06 bits per heavy atom.